The highest BCUT2D eigenvalue weighted by Gasteiger charge is 2.77. The van der Waals surface area contributed by atoms with Gasteiger partial charge in [-0.3, -0.25) is 0 Å². The maximum atomic E-state index is 14.4. The second-order valence-electron chi connectivity index (χ2n) is 9.13. The Hall–Kier alpha value is -0.490. The summed E-state index contributed by atoms with van der Waals surface area (Å²) in [5.74, 6) is -5.79. The second kappa shape index (κ2) is 7.01. The molecule has 1 spiro atoms. The molecule has 2 N–H and O–H groups in total. The van der Waals surface area contributed by atoms with E-state index >= 15 is 0 Å². The van der Waals surface area contributed by atoms with Crippen LogP contribution in [0.25, 0.3) is 0 Å². The maximum Gasteiger partial charge on any atom is 0.443 e. The lowest BCUT2D eigenvalue weighted by Gasteiger charge is -2.62. The summed E-state index contributed by atoms with van der Waals surface area (Å²) in [7, 11) is 0. The highest BCUT2D eigenvalue weighted by Crippen LogP contribution is 2.64. The summed E-state index contributed by atoms with van der Waals surface area (Å²) in [5, 5.41) is 18.6. The SMILES string of the molecule is CC1CCC2C(C)C(OCC(O)CO)(C(F)(F)F)OC3OC4(C)CCC1C32OO4. The van der Waals surface area contributed by atoms with Gasteiger partial charge in [0, 0.05) is 18.3 Å². The molecule has 4 saturated heterocycles. The van der Waals surface area contributed by atoms with Crippen LogP contribution in [0.4, 0.5) is 13.2 Å². The molecule has 5 fully saturated rings. The van der Waals surface area contributed by atoms with Crippen molar-refractivity contribution >= 4 is 0 Å². The topological polar surface area (TPSA) is 86.6 Å². The first kappa shape index (κ1) is 21.7. The minimum absolute atomic E-state index is 0.0766. The van der Waals surface area contributed by atoms with Gasteiger partial charge < -0.3 is 24.4 Å². The Bertz CT molecular complexity index is 633. The number of ether oxygens (including phenoxy) is 3. The van der Waals surface area contributed by atoms with Gasteiger partial charge >= 0.3 is 6.18 Å². The molecule has 0 radical (unpaired) electrons. The molecule has 29 heavy (non-hydrogen) atoms. The van der Waals surface area contributed by atoms with Gasteiger partial charge in [0.15, 0.2) is 11.9 Å². The van der Waals surface area contributed by atoms with Crippen molar-refractivity contribution in [3.05, 3.63) is 0 Å². The van der Waals surface area contributed by atoms with Crippen LogP contribution >= 0.6 is 0 Å². The van der Waals surface area contributed by atoms with Crippen molar-refractivity contribution in [3.63, 3.8) is 0 Å². The van der Waals surface area contributed by atoms with Gasteiger partial charge in [0.05, 0.1) is 13.2 Å². The number of hydrogen-bond donors (Lipinski definition) is 2. The summed E-state index contributed by atoms with van der Waals surface area (Å²) in [4.78, 5) is 11.4. The third kappa shape index (κ3) is 3.06. The van der Waals surface area contributed by atoms with E-state index in [1.54, 1.807) is 6.92 Å². The van der Waals surface area contributed by atoms with Crippen LogP contribution in [0.2, 0.25) is 0 Å². The van der Waals surface area contributed by atoms with E-state index < -0.39 is 60.8 Å². The number of aliphatic hydroxyl groups is 2. The van der Waals surface area contributed by atoms with E-state index in [2.05, 4.69) is 6.92 Å². The average molecular weight is 426 g/mol. The van der Waals surface area contributed by atoms with Gasteiger partial charge in [-0.25, -0.2) is 9.78 Å². The van der Waals surface area contributed by atoms with Crippen molar-refractivity contribution in [1.29, 1.82) is 0 Å². The molecular weight excluding hydrogens is 397 g/mol. The number of alkyl halides is 3. The zero-order chi connectivity index (χ0) is 21.2. The molecule has 168 valence electrons. The predicted octanol–water partition coefficient (Wildman–Crippen LogP) is 2.50. The Labute approximate surface area is 167 Å². The summed E-state index contributed by atoms with van der Waals surface area (Å²) in [5.41, 5.74) is -1.15. The zero-order valence-electron chi connectivity index (χ0n) is 16.8. The highest BCUT2D eigenvalue weighted by atomic mass is 19.4. The molecule has 1 saturated carbocycles. The van der Waals surface area contributed by atoms with Gasteiger partial charge in [-0.15, -0.1) is 0 Å². The van der Waals surface area contributed by atoms with E-state index in [4.69, 9.17) is 29.1 Å². The minimum atomic E-state index is -4.89. The summed E-state index contributed by atoms with van der Waals surface area (Å²) in [6.07, 6.45) is -5.27. The molecule has 0 aromatic carbocycles. The molecule has 4 heterocycles. The zero-order valence-corrected chi connectivity index (χ0v) is 16.8. The maximum absolute atomic E-state index is 14.4. The molecule has 10 heteroatoms. The lowest BCUT2D eigenvalue weighted by Crippen LogP contribution is -2.76. The summed E-state index contributed by atoms with van der Waals surface area (Å²) >= 11 is 0. The molecule has 4 aliphatic heterocycles. The van der Waals surface area contributed by atoms with Crippen molar-refractivity contribution in [3.8, 4) is 0 Å². The lowest BCUT2D eigenvalue weighted by atomic mass is 9.57. The summed E-state index contributed by atoms with van der Waals surface area (Å²) in [6.45, 7) is 3.69. The number of hydrogen-bond acceptors (Lipinski definition) is 7. The molecular formula is C19H29F3O7. The first-order valence-corrected chi connectivity index (χ1v) is 10.2. The molecule has 0 amide bonds. The van der Waals surface area contributed by atoms with Crippen molar-refractivity contribution in [2.45, 2.75) is 82.2 Å². The molecule has 7 nitrogen and oxygen atoms in total. The monoisotopic (exact) mass is 426 g/mol. The van der Waals surface area contributed by atoms with Crippen LogP contribution in [-0.2, 0) is 24.0 Å². The van der Waals surface area contributed by atoms with E-state index in [1.807, 2.05) is 0 Å². The number of halogens is 3. The van der Waals surface area contributed by atoms with Crippen molar-refractivity contribution in [1.82, 2.24) is 0 Å². The van der Waals surface area contributed by atoms with E-state index in [9.17, 15) is 18.3 Å². The first-order chi connectivity index (χ1) is 13.5. The van der Waals surface area contributed by atoms with Gasteiger partial charge in [0.2, 0.25) is 5.79 Å². The Morgan fingerprint density at radius 2 is 1.83 bits per heavy atom. The van der Waals surface area contributed by atoms with Crippen LogP contribution < -0.4 is 0 Å². The molecule has 2 bridgehead atoms. The largest absolute Gasteiger partial charge is 0.443 e. The van der Waals surface area contributed by atoms with Crippen LogP contribution in [0.15, 0.2) is 0 Å². The number of aliphatic hydroxyl groups excluding tert-OH is 2. The smallest absolute Gasteiger partial charge is 0.394 e. The van der Waals surface area contributed by atoms with Crippen LogP contribution in [0.1, 0.15) is 46.5 Å². The van der Waals surface area contributed by atoms with Crippen LogP contribution in [-0.4, -0.2) is 59.2 Å². The van der Waals surface area contributed by atoms with Crippen molar-refractivity contribution in [2.75, 3.05) is 13.2 Å². The second-order valence-corrected chi connectivity index (χ2v) is 9.13. The minimum Gasteiger partial charge on any atom is -0.394 e. The standard InChI is InChI=1S/C19H29F3O7/c1-10-4-5-14-11(2)18(19(20,21)22,25-9-12(24)8-23)27-15-17(14)13(10)6-7-16(3,26-15)28-29-17/h10-15,23-24H,4-9H2,1-3H3. The first-order valence-electron chi connectivity index (χ1n) is 10.2. The van der Waals surface area contributed by atoms with Crippen molar-refractivity contribution < 1.29 is 47.4 Å². The highest BCUT2D eigenvalue weighted by molar-refractivity contribution is 5.12. The Kier molecular flexibility index (Phi) is 5.25. The third-order valence-corrected chi connectivity index (χ3v) is 7.36. The fraction of sp³-hybridized carbons (Fsp3) is 1.00. The summed E-state index contributed by atoms with van der Waals surface area (Å²) < 4.78 is 59.9. The Balaban J connectivity index is 1.78. The summed E-state index contributed by atoms with van der Waals surface area (Å²) in [6, 6.07) is 0. The van der Waals surface area contributed by atoms with Gasteiger partial charge in [-0.05, 0) is 38.0 Å². The quantitative estimate of drug-likeness (QED) is 0.668. The van der Waals surface area contributed by atoms with E-state index in [-0.39, 0.29) is 11.8 Å². The van der Waals surface area contributed by atoms with E-state index in [1.165, 1.54) is 6.92 Å². The van der Waals surface area contributed by atoms with Gasteiger partial charge in [0.25, 0.3) is 5.79 Å². The predicted molar refractivity (Wildman–Crippen MR) is 90.9 cm³/mol. The fourth-order valence-electron chi connectivity index (χ4n) is 5.76. The molecule has 5 rings (SSSR count). The van der Waals surface area contributed by atoms with Crippen LogP contribution in [0.5, 0.6) is 0 Å². The molecule has 5 aliphatic rings. The van der Waals surface area contributed by atoms with Gasteiger partial charge in [-0.2, -0.15) is 13.2 Å². The third-order valence-electron chi connectivity index (χ3n) is 7.36. The molecule has 0 aromatic heterocycles. The van der Waals surface area contributed by atoms with Crippen molar-refractivity contribution in [2.24, 2.45) is 23.7 Å². The lowest BCUT2D eigenvalue weighted by molar-refractivity contribution is -0.599. The number of rotatable bonds is 4. The normalized spacial score (nSPS) is 50.7. The van der Waals surface area contributed by atoms with Gasteiger partial charge in [-0.1, -0.05) is 13.8 Å². The average Bonchev–Trinajstić information content (AvgIpc) is 2.88. The number of fused-ring (bicyclic) bond motifs is 2. The van der Waals surface area contributed by atoms with Crippen LogP contribution in [0.3, 0.4) is 0 Å². The Morgan fingerprint density at radius 3 is 2.48 bits per heavy atom. The Morgan fingerprint density at radius 1 is 1.10 bits per heavy atom. The van der Waals surface area contributed by atoms with Gasteiger partial charge in [0.1, 0.15) is 6.10 Å². The molecule has 1 aliphatic carbocycles. The molecule has 0 aromatic rings. The van der Waals surface area contributed by atoms with E-state index in [0.29, 0.717) is 19.3 Å². The molecule has 9 unspecified atom stereocenters. The van der Waals surface area contributed by atoms with E-state index in [0.717, 1.165) is 6.42 Å². The molecule has 9 atom stereocenters. The van der Waals surface area contributed by atoms with Crippen LogP contribution in [0, 0.1) is 23.7 Å². The fourth-order valence-corrected chi connectivity index (χ4v) is 5.76.